The summed E-state index contributed by atoms with van der Waals surface area (Å²) < 4.78 is 4.90. The molecule has 5 nitrogen and oxygen atoms in total. The van der Waals surface area contributed by atoms with Gasteiger partial charge in [-0.2, -0.15) is 0 Å². The van der Waals surface area contributed by atoms with Crippen LogP contribution in [0.1, 0.15) is 27.8 Å². The number of carboxylic acids is 1. The molecule has 1 heterocycles. The number of ether oxygens (including phenoxy) is 1. The average molecular weight is 271 g/mol. The van der Waals surface area contributed by atoms with Crippen LogP contribution in [-0.4, -0.2) is 28.6 Å². The van der Waals surface area contributed by atoms with E-state index in [-0.39, 0.29) is 11.7 Å². The molecule has 0 spiro atoms. The zero-order valence-electron chi connectivity index (χ0n) is 10.9. The van der Waals surface area contributed by atoms with Gasteiger partial charge in [-0.1, -0.05) is 18.2 Å². The quantitative estimate of drug-likeness (QED) is 0.865. The zero-order valence-corrected chi connectivity index (χ0v) is 10.9. The summed E-state index contributed by atoms with van der Waals surface area (Å²) in [6, 6.07) is 9.98. The Balaban J connectivity index is 2.21. The molecule has 0 saturated heterocycles. The van der Waals surface area contributed by atoms with Crippen molar-refractivity contribution in [1.82, 2.24) is 4.98 Å². The van der Waals surface area contributed by atoms with Gasteiger partial charge < -0.3 is 9.84 Å². The zero-order chi connectivity index (χ0) is 14.5. The summed E-state index contributed by atoms with van der Waals surface area (Å²) in [4.78, 5) is 26.1. The smallest absolute Gasteiger partial charge is 0.354 e. The van der Waals surface area contributed by atoms with Gasteiger partial charge in [0.05, 0.1) is 12.2 Å². The molecule has 0 aliphatic rings. The first-order valence-electron chi connectivity index (χ1n) is 6.08. The summed E-state index contributed by atoms with van der Waals surface area (Å²) in [5.41, 5.74) is 2.11. The minimum Gasteiger partial charge on any atom is -0.477 e. The van der Waals surface area contributed by atoms with E-state index in [1.807, 2.05) is 0 Å². The van der Waals surface area contributed by atoms with Crippen molar-refractivity contribution in [2.45, 2.75) is 6.92 Å². The third kappa shape index (κ3) is 3.00. The van der Waals surface area contributed by atoms with Crippen LogP contribution in [0.2, 0.25) is 0 Å². The van der Waals surface area contributed by atoms with Gasteiger partial charge in [-0.15, -0.1) is 0 Å². The molecule has 2 rings (SSSR count). The van der Waals surface area contributed by atoms with Crippen molar-refractivity contribution in [1.29, 1.82) is 0 Å². The summed E-state index contributed by atoms with van der Waals surface area (Å²) >= 11 is 0. The van der Waals surface area contributed by atoms with Crippen molar-refractivity contribution in [3.05, 3.63) is 53.9 Å². The summed E-state index contributed by atoms with van der Waals surface area (Å²) in [6.07, 6.45) is 1.49. The topological polar surface area (TPSA) is 76.5 Å². The lowest BCUT2D eigenvalue weighted by atomic mass is 10.1. The van der Waals surface area contributed by atoms with Crippen molar-refractivity contribution in [2.75, 3.05) is 6.61 Å². The number of carboxylic acid groups (broad SMARTS) is 1. The highest BCUT2D eigenvalue weighted by atomic mass is 16.5. The highest BCUT2D eigenvalue weighted by Crippen LogP contribution is 2.19. The lowest BCUT2D eigenvalue weighted by molar-refractivity contribution is 0.0526. The van der Waals surface area contributed by atoms with Gasteiger partial charge in [0.25, 0.3) is 0 Å². The molecule has 0 atom stereocenters. The van der Waals surface area contributed by atoms with Gasteiger partial charge in [0.15, 0.2) is 0 Å². The first-order chi connectivity index (χ1) is 9.61. The SMILES string of the molecule is CCOC(=O)c1ccc(-c2ccc(C(=O)O)nc2)cc1. The second-order valence-corrected chi connectivity index (χ2v) is 4.04. The molecule has 0 radical (unpaired) electrons. The Labute approximate surface area is 115 Å². The Hall–Kier alpha value is -2.69. The van der Waals surface area contributed by atoms with Crippen LogP contribution in [-0.2, 0) is 4.74 Å². The van der Waals surface area contributed by atoms with Crippen LogP contribution in [0.3, 0.4) is 0 Å². The molecule has 0 bridgehead atoms. The maximum atomic E-state index is 11.5. The lowest BCUT2D eigenvalue weighted by Crippen LogP contribution is -2.04. The molecule has 0 amide bonds. The van der Waals surface area contributed by atoms with E-state index in [1.54, 1.807) is 37.3 Å². The van der Waals surface area contributed by atoms with Crippen molar-refractivity contribution >= 4 is 11.9 Å². The normalized spacial score (nSPS) is 10.1. The van der Waals surface area contributed by atoms with Crippen molar-refractivity contribution < 1.29 is 19.4 Å². The maximum absolute atomic E-state index is 11.5. The van der Waals surface area contributed by atoms with Gasteiger partial charge in [-0.3, -0.25) is 0 Å². The van der Waals surface area contributed by atoms with Gasteiger partial charge in [0, 0.05) is 11.8 Å². The fourth-order valence-corrected chi connectivity index (χ4v) is 1.70. The minimum atomic E-state index is -1.06. The molecule has 0 aliphatic carbocycles. The lowest BCUT2D eigenvalue weighted by Gasteiger charge is -2.04. The first-order valence-corrected chi connectivity index (χ1v) is 6.08. The van der Waals surface area contributed by atoms with Crippen LogP contribution in [0, 0.1) is 0 Å². The summed E-state index contributed by atoms with van der Waals surface area (Å²) in [5, 5.41) is 8.78. The molecule has 0 aliphatic heterocycles. The van der Waals surface area contributed by atoms with E-state index in [0.717, 1.165) is 11.1 Å². The van der Waals surface area contributed by atoms with Crippen LogP contribution in [0.5, 0.6) is 0 Å². The second-order valence-electron chi connectivity index (χ2n) is 4.04. The molecular weight excluding hydrogens is 258 g/mol. The van der Waals surface area contributed by atoms with Gasteiger partial charge in [-0.25, -0.2) is 14.6 Å². The number of hydrogen-bond donors (Lipinski definition) is 1. The number of pyridine rings is 1. The predicted molar refractivity (Wildman–Crippen MR) is 72.6 cm³/mol. The molecular formula is C15H13NO4. The summed E-state index contributed by atoms with van der Waals surface area (Å²) in [7, 11) is 0. The summed E-state index contributed by atoms with van der Waals surface area (Å²) in [5.74, 6) is -1.42. The van der Waals surface area contributed by atoms with Crippen LogP contribution < -0.4 is 0 Å². The molecule has 1 N–H and O–H groups in total. The second kappa shape index (κ2) is 5.97. The molecule has 1 aromatic carbocycles. The van der Waals surface area contributed by atoms with Crippen LogP contribution in [0.4, 0.5) is 0 Å². The van der Waals surface area contributed by atoms with Crippen LogP contribution in [0.15, 0.2) is 42.6 Å². The molecule has 2 aromatic rings. The third-order valence-electron chi connectivity index (χ3n) is 2.71. The number of aromatic nitrogens is 1. The van der Waals surface area contributed by atoms with Gasteiger partial charge in [-0.05, 0) is 30.7 Å². The Morgan fingerprint density at radius 1 is 1.10 bits per heavy atom. The molecule has 1 aromatic heterocycles. The highest BCUT2D eigenvalue weighted by Gasteiger charge is 2.07. The van der Waals surface area contributed by atoms with E-state index in [0.29, 0.717) is 12.2 Å². The molecule has 5 heteroatoms. The number of rotatable bonds is 4. The standard InChI is InChI=1S/C15H13NO4/c1-2-20-15(19)11-5-3-10(4-6-11)12-7-8-13(14(17)18)16-9-12/h3-9H,2H2,1H3,(H,17,18). The number of carbonyl (C=O) groups is 2. The number of hydrogen-bond acceptors (Lipinski definition) is 4. The summed E-state index contributed by atoms with van der Waals surface area (Å²) in [6.45, 7) is 2.09. The molecule has 102 valence electrons. The Bertz CT molecular complexity index is 617. The number of esters is 1. The van der Waals surface area contributed by atoms with Crippen LogP contribution in [0.25, 0.3) is 11.1 Å². The van der Waals surface area contributed by atoms with Gasteiger partial charge in [0.2, 0.25) is 0 Å². The van der Waals surface area contributed by atoms with E-state index in [1.165, 1.54) is 12.3 Å². The highest BCUT2D eigenvalue weighted by molar-refractivity contribution is 5.90. The number of nitrogens with zero attached hydrogens (tertiary/aromatic N) is 1. The third-order valence-corrected chi connectivity index (χ3v) is 2.71. The van der Waals surface area contributed by atoms with E-state index in [4.69, 9.17) is 9.84 Å². The van der Waals surface area contributed by atoms with Crippen LogP contribution >= 0.6 is 0 Å². The fourth-order valence-electron chi connectivity index (χ4n) is 1.70. The number of aromatic carboxylic acids is 1. The number of benzene rings is 1. The number of carbonyl (C=O) groups excluding carboxylic acids is 1. The maximum Gasteiger partial charge on any atom is 0.354 e. The van der Waals surface area contributed by atoms with E-state index in [9.17, 15) is 9.59 Å². The predicted octanol–water partition coefficient (Wildman–Crippen LogP) is 2.62. The van der Waals surface area contributed by atoms with E-state index >= 15 is 0 Å². The van der Waals surface area contributed by atoms with Crippen molar-refractivity contribution in [3.8, 4) is 11.1 Å². The molecule has 20 heavy (non-hydrogen) atoms. The fraction of sp³-hybridized carbons (Fsp3) is 0.133. The molecule has 0 saturated carbocycles. The minimum absolute atomic E-state index is 0.00288. The van der Waals surface area contributed by atoms with Gasteiger partial charge >= 0.3 is 11.9 Å². The van der Waals surface area contributed by atoms with Crippen molar-refractivity contribution in [2.24, 2.45) is 0 Å². The van der Waals surface area contributed by atoms with E-state index < -0.39 is 5.97 Å². The monoisotopic (exact) mass is 271 g/mol. The largest absolute Gasteiger partial charge is 0.477 e. The Morgan fingerprint density at radius 3 is 2.25 bits per heavy atom. The van der Waals surface area contributed by atoms with Gasteiger partial charge in [0.1, 0.15) is 5.69 Å². The molecule has 0 unspecified atom stereocenters. The van der Waals surface area contributed by atoms with Crippen molar-refractivity contribution in [3.63, 3.8) is 0 Å². The Kier molecular flexibility index (Phi) is 4.10. The molecule has 0 fully saturated rings. The Morgan fingerprint density at radius 2 is 1.75 bits per heavy atom. The average Bonchev–Trinajstić information content (AvgIpc) is 2.48. The first kappa shape index (κ1) is 13.7. The van der Waals surface area contributed by atoms with E-state index in [2.05, 4.69) is 4.98 Å².